The van der Waals surface area contributed by atoms with E-state index in [1.54, 1.807) is 7.05 Å². The summed E-state index contributed by atoms with van der Waals surface area (Å²) in [6.45, 7) is 3.01. The van der Waals surface area contributed by atoms with Crippen molar-refractivity contribution in [3.05, 3.63) is 71.3 Å². The number of hydrogen-bond acceptors (Lipinski definition) is 7. The van der Waals surface area contributed by atoms with Gasteiger partial charge in [0, 0.05) is 32.1 Å². The molecule has 8 nitrogen and oxygen atoms in total. The largest absolute Gasteiger partial charge is 0.416 e. The van der Waals surface area contributed by atoms with Gasteiger partial charge in [0.05, 0.1) is 5.56 Å². The first-order valence-corrected chi connectivity index (χ1v) is 13.1. The second-order valence-corrected chi connectivity index (χ2v) is 9.85. The van der Waals surface area contributed by atoms with Crippen molar-refractivity contribution in [3.8, 4) is 0 Å². The number of carbonyl (C=O) groups is 1. The summed E-state index contributed by atoms with van der Waals surface area (Å²) >= 11 is 0. The second kappa shape index (κ2) is 12.8. The zero-order valence-corrected chi connectivity index (χ0v) is 22.1. The summed E-state index contributed by atoms with van der Waals surface area (Å²) in [5.41, 5.74) is 1.16. The first-order chi connectivity index (χ1) is 18.7. The van der Waals surface area contributed by atoms with Crippen molar-refractivity contribution in [1.82, 2.24) is 20.3 Å². The molecule has 11 heteroatoms. The van der Waals surface area contributed by atoms with E-state index in [4.69, 9.17) is 0 Å². The highest BCUT2D eigenvalue weighted by Crippen LogP contribution is 2.29. The van der Waals surface area contributed by atoms with Crippen LogP contribution in [-0.4, -0.2) is 40.5 Å². The van der Waals surface area contributed by atoms with Gasteiger partial charge < -0.3 is 21.3 Å². The molecule has 1 fully saturated rings. The number of amides is 1. The molecule has 0 unspecified atom stereocenters. The smallest absolute Gasteiger partial charge is 0.357 e. The Morgan fingerprint density at radius 1 is 0.923 bits per heavy atom. The van der Waals surface area contributed by atoms with Crippen LogP contribution in [-0.2, 0) is 17.5 Å². The van der Waals surface area contributed by atoms with Crippen LogP contribution in [0.25, 0.3) is 0 Å². The van der Waals surface area contributed by atoms with Crippen LogP contribution in [0.2, 0.25) is 0 Å². The van der Waals surface area contributed by atoms with Crippen LogP contribution in [0.3, 0.4) is 0 Å². The number of nitrogens with one attached hydrogen (secondary N) is 4. The summed E-state index contributed by atoms with van der Waals surface area (Å²) in [6.07, 6.45) is -1.44. The highest BCUT2D eigenvalue weighted by Gasteiger charge is 2.30. The molecule has 1 aliphatic carbocycles. The minimum Gasteiger partial charge on any atom is -0.357 e. The van der Waals surface area contributed by atoms with Crippen molar-refractivity contribution < 1.29 is 18.0 Å². The fourth-order valence-electron chi connectivity index (χ4n) is 4.60. The number of carbonyl (C=O) groups excluding carboxylic acids is 1. The highest BCUT2D eigenvalue weighted by atomic mass is 19.4. The number of rotatable bonds is 10. The molecule has 1 aliphatic rings. The first-order valence-electron chi connectivity index (χ1n) is 13.1. The van der Waals surface area contributed by atoms with Gasteiger partial charge in [0.2, 0.25) is 23.8 Å². The summed E-state index contributed by atoms with van der Waals surface area (Å²) < 4.78 is 38.2. The highest BCUT2D eigenvalue weighted by molar-refractivity contribution is 5.78. The third-order valence-corrected chi connectivity index (χ3v) is 6.97. The van der Waals surface area contributed by atoms with Crippen LogP contribution in [0.15, 0.2) is 54.6 Å². The van der Waals surface area contributed by atoms with E-state index in [9.17, 15) is 18.0 Å². The van der Waals surface area contributed by atoms with Crippen LogP contribution < -0.4 is 21.3 Å². The van der Waals surface area contributed by atoms with E-state index in [0.29, 0.717) is 42.8 Å². The fourth-order valence-corrected chi connectivity index (χ4v) is 4.60. The third-order valence-electron chi connectivity index (χ3n) is 6.97. The zero-order chi connectivity index (χ0) is 27.8. The van der Waals surface area contributed by atoms with Gasteiger partial charge >= 0.3 is 6.18 Å². The number of halogens is 3. The monoisotopic (exact) mass is 541 g/mol. The fraction of sp³-hybridized carbons (Fsp3) is 0.429. The summed E-state index contributed by atoms with van der Waals surface area (Å²) in [5, 5.41) is 12.5. The predicted molar refractivity (Wildman–Crippen MR) is 145 cm³/mol. The lowest BCUT2D eigenvalue weighted by molar-refractivity contribution is -0.137. The average molecular weight is 542 g/mol. The van der Waals surface area contributed by atoms with Crippen LogP contribution in [0.1, 0.15) is 55.2 Å². The maximum absolute atomic E-state index is 12.7. The molecule has 4 rings (SSSR count). The Bertz CT molecular complexity index is 1210. The summed E-state index contributed by atoms with van der Waals surface area (Å²) in [4.78, 5) is 26.1. The maximum atomic E-state index is 12.7. The van der Waals surface area contributed by atoms with E-state index in [1.165, 1.54) is 17.7 Å². The van der Waals surface area contributed by atoms with Gasteiger partial charge in [0.15, 0.2) is 0 Å². The van der Waals surface area contributed by atoms with Crippen molar-refractivity contribution in [3.63, 3.8) is 0 Å². The van der Waals surface area contributed by atoms with Crippen LogP contribution >= 0.6 is 0 Å². The van der Waals surface area contributed by atoms with Crippen molar-refractivity contribution in [2.24, 2.45) is 5.92 Å². The third kappa shape index (κ3) is 8.05. The Kier molecular flexibility index (Phi) is 9.21. The summed E-state index contributed by atoms with van der Waals surface area (Å²) in [5.74, 6) is 1.47. The van der Waals surface area contributed by atoms with Gasteiger partial charge in [-0.1, -0.05) is 49.4 Å². The van der Waals surface area contributed by atoms with Gasteiger partial charge in [-0.05, 0) is 54.9 Å². The van der Waals surface area contributed by atoms with Gasteiger partial charge in [0.25, 0.3) is 0 Å². The molecule has 2 aromatic carbocycles. The molecule has 208 valence electrons. The van der Waals surface area contributed by atoms with E-state index in [1.807, 2.05) is 18.2 Å². The molecular weight excluding hydrogens is 507 g/mol. The normalized spacial score (nSPS) is 18.2. The lowest BCUT2D eigenvalue weighted by Crippen LogP contribution is -2.36. The Hall–Kier alpha value is -3.89. The Balaban J connectivity index is 1.25. The second-order valence-electron chi connectivity index (χ2n) is 9.85. The van der Waals surface area contributed by atoms with E-state index in [-0.39, 0.29) is 30.3 Å². The molecule has 1 heterocycles. The van der Waals surface area contributed by atoms with E-state index in [2.05, 4.69) is 55.3 Å². The molecule has 4 N–H and O–H groups in total. The molecule has 1 atom stereocenters. The number of alkyl halides is 3. The number of anilines is 3. The van der Waals surface area contributed by atoms with Crippen molar-refractivity contribution >= 4 is 23.8 Å². The minimum atomic E-state index is -4.37. The molecule has 0 radical (unpaired) electrons. The SMILES string of the molecule is CNc1nc(NC[C@H](C)c2ccccc2)nc(NC2CCC(C(=O)NCc3ccc(C(F)(F)F)cc3)CC2)n1. The molecule has 39 heavy (non-hydrogen) atoms. The molecule has 0 spiro atoms. The van der Waals surface area contributed by atoms with Crippen LogP contribution in [0.4, 0.5) is 31.0 Å². The Morgan fingerprint density at radius 2 is 1.56 bits per heavy atom. The summed E-state index contributed by atoms with van der Waals surface area (Å²) in [7, 11) is 1.75. The molecule has 1 saturated carbocycles. The number of nitrogens with zero attached hydrogens (tertiary/aromatic N) is 3. The lowest BCUT2D eigenvalue weighted by Gasteiger charge is -2.28. The standard InChI is InChI=1S/C28H34F3N7O/c1-18(20-6-4-3-5-7-20)16-34-26-36-25(32-2)37-27(38-26)35-23-14-10-21(11-15-23)24(39)33-17-19-8-12-22(13-9-19)28(29,30)31/h3-9,12-13,18,21,23H,10-11,14-17H2,1-2H3,(H,33,39)(H3,32,34,35,36,37,38)/t18-,21?,23?/m0/s1. The van der Waals surface area contributed by atoms with Crippen LogP contribution in [0.5, 0.6) is 0 Å². The number of hydrogen-bond donors (Lipinski definition) is 4. The molecule has 0 aliphatic heterocycles. The molecule has 3 aromatic rings. The van der Waals surface area contributed by atoms with Crippen molar-refractivity contribution in [1.29, 1.82) is 0 Å². The van der Waals surface area contributed by atoms with Gasteiger partial charge in [0.1, 0.15) is 0 Å². The molecule has 0 saturated heterocycles. The van der Waals surface area contributed by atoms with Crippen molar-refractivity contribution in [2.45, 2.75) is 57.3 Å². The van der Waals surface area contributed by atoms with E-state index >= 15 is 0 Å². The minimum absolute atomic E-state index is 0.0787. The average Bonchev–Trinajstić information content (AvgIpc) is 2.95. The topological polar surface area (TPSA) is 104 Å². The molecule has 0 bridgehead atoms. The van der Waals surface area contributed by atoms with Crippen LogP contribution in [0, 0.1) is 5.92 Å². The Labute approximate surface area is 226 Å². The quantitative estimate of drug-likeness (QED) is 0.271. The van der Waals surface area contributed by atoms with Gasteiger partial charge in [-0.2, -0.15) is 28.1 Å². The number of benzene rings is 2. The van der Waals surface area contributed by atoms with Gasteiger partial charge in [-0.15, -0.1) is 0 Å². The Morgan fingerprint density at radius 3 is 2.21 bits per heavy atom. The predicted octanol–water partition coefficient (Wildman–Crippen LogP) is 5.43. The van der Waals surface area contributed by atoms with E-state index < -0.39 is 11.7 Å². The van der Waals surface area contributed by atoms with E-state index in [0.717, 1.165) is 25.0 Å². The number of aromatic nitrogens is 3. The first kappa shape index (κ1) is 28.1. The zero-order valence-electron chi connectivity index (χ0n) is 22.1. The molecule has 1 amide bonds. The summed E-state index contributed by atoms with van der Waals surface area (Å²) in [6, 6.07) is 15.2. The van der Waals surface area contributed by atoms with Gasteiger partial charge in [-0.3, -0.25) is 4.79 Å². The van der Waals surface area contributed by atoms with Crippen molar-refractivity contribution in [2.75, 3.05) is 29.5 Å². The molecule has 1 aromatic heterocycles. The molecular formula is C28H34F3N7O. The lowest BCUT2D eigenvalue weighted by atomic mass is 9.85. The van der Waals surface area contributed by atoms with Gasteiger partial charge in [-0.25, -0.2) is 0 Å². The maximum Gasteiger partial charge on any atom is 0.416 e.